The van der Waals surface area contributed by atoms with Gasteiger partial charge in [-0.15, -0.1) is 0 Å². The number of nitrogens with zero attached hydrogens (tertiary/aromatic N) is 4. The van der Waals surface area contributed by atoms with E-state index in [0.29, 0.717) is 17.1 Å². The Morgan fingerprint density at radius 2 is 2.00 bits per heavy atom. The topological polar surface area (TPSA) is 136 Å². The quantitative estimate of drug-likeness (QED) is 0.243. The summed E-state index contributed by atoms with van der Waals surface area (Å²) in [5.74, 6) is -0.394. The zero-order valence-corrected chi connectivity index (χ0v) is 14.6. The zero-order chi connectivity index (χ0) is 20.3. The lowest BCUT2D eigenvalue weighted by Crippen LogP contribution is -2.34. The number of hydrazone groups is 1. The number of carbonyl (C=O) groups is 3. The van der Waals surface area contributed by atoms with Gasteiger partial charge in [0.05, 0.1) is 11.1 Å². The molecule has 11 nitrogen and oxygen atoms in total. The lowest BCUT2D eigenvalue weighted by molar-refractivity contribution is -0.384. The summed E-state index contributed by atoms with van der Waals surface area (Å²) in [6.45, 7) is 0.414. The maximum atomic E-state index is 12.1. The predicted molar refractivity (Wildman–Crippen MR) is 94.0 cm³/mol. The number of esters is 1. The number of hydrogen-bond donors (Lipinski definition) is 0. The minimum absolute atomic E-state index is 0.0346. The Kier molecular flexibility index (Phi) is 5.16. The molecule has 144 valence electrons. The third-order valence-corrected chi connectivity index (χ3v) is 3.75. The van der Waals surface area contributed by atoms with Gasteiger partial charge >= 0.3 is 12.0 Å². The molecule has 28 heavy (non-hydrogen) atoms. The van der Waals surface area contributed by atoms with Gasteiger partial charge in [-0.25, -0.2) is 14.7 Å². The van der Waals surface area contributed by atoms with E-state index >= 15 is 0 Å². The molecule has 0 spiro atoms. The van der Waals surface area contributed by atoms with Gasteiger partial charge in [0.1, 0.15) is 18.1 Å². The molecule has 2 heterocycles. The van der Waals surface area contributed by atoms with Crippen molar-refractivity contribution >= 4 is 29.8 Å². The number of benzene rings is 1. The molecule has 1 aliphatic rings. The van der Waals surface area contributed by atoms with Crippen molar-refractivity contribution in [3.8, 4) is 11.3 Å². The molecule has 1 aromatic carbocycles. The van der Waals surface area contributed by atoms with Gasteiger partial charge in [0, 0.05) is 24.6 Å². The van der Waals surface area contributed by atoms with Crippen LogP contribution in [-0.4, -0.2) is 52.2 Å². The normalized spacial score (nSPS) is 14.2. The Balaban J connectivity index is 1.67. The van der Waals surface area contributed by atoms with E-state index in [1.165, 1.54) is 25.3 Å². The van der Waals surface area contributed by atoms with Crippen LogP contribution in [0.4, 0.5) is 10.5 Å². The van der Waals surface area contributed by atoms with E-state index in [-0.39, 0.29) is 12.2 Å². The number of non-ortho nitro benzene ring substituents is 1. The van der Waals surface area contributed by atoms with Crippen LogP contribution < -0.4 is 0 Å². The van der Waals surface area contributed by atoms with Crippen molar-refractivity contribution in [1.29, 1.82) is 0 Å². The molecule has 1 saturated heterocycles. The highest BCUT2D eigenvalue weighted by atomic mass is 16.6. The molecule has 0 saturated carbocycles. The van der Waals surface area contributed by atoms with Gasteiger partial charge in [-0.05, 0) is 24.3 Å². The average molecular weight is 386 g/mol. The SMILES string of the molecule is CC(=O)OCN1C(=O)CN(/N=C/c2ccc(-c3ccc([N+](=O)[O-])cc3)o2)C1=O. The fraction of sp³-hybridized carbons (Fsp3) is 0.176. The third-order valence-electron chi connectivity index (χ3n) is 3.75. The fourth-order valence-electron chi connectivity index (χ4n) is 2.35. The van der Waals surface area contributed by atoms with Crippen LogP contribution in [0.25, 0.3) is 11.3 Å². The van der Waals surface area contributed by atoms with Crippen LogP contribution in [0.3, 0.4) is 0 Å². The molecule has 3 rings (SSSR count). The number of hydrogen-bond acceptors (Lipinski definition) is 8. The lowest BCUT2D eigenvalue weighted by Gasteiger charge is -2.12. The fourth-order valence-corrected chi connectivity index (χ4v) is 2.35. The van der Waals surface area contributed by atoms with Crippen LogP contribution in [0.2, 0.25) is 0 Å². The summed E-state index contributed by atoms with van der Waals surface area (Å²) in [4.78, 5) is 45.7. The number of urea groups is 1. The van der Waals surface area contributed by atoms with Gasteiger partial charge in [0.25, 0.3) is 11.6 Å². The highest BCUT2D eigenvalue weighted by Crippen LogP contribution is 2.24. The molecular weight excluding hydrogens is 372 g/mol. The second kappa shape index (κ2) is 7.70. The van der Waals surface area contributed by atoms with Crippen molar-refractivity contribution in [1.82, 2.24) is 9.91 Å². The monoisotopic (exact) mass is 386 g/mol. The predicted octanol–water partition coefficient (Wildman–Crippen LogP) is 1.97. The van der Waals surface area contributed by atoms with Crippen molar-refractivity contribution in [2.45, 2.75) is 6.92 Å². The van der Waals surface area contributed by atoms with Crippen LogP contribution in [0.15, 0.2) is 45.9 Å². The number of ether oxygens (including phenoxy) is 1. The molecule has 11 heteroatoms. The Morgan fingerprint density at radius 3 is 2.64 bits per heavy atom. The van der Waals surface area contributed by atoms with Gasteiger partial charge < -0.3 is 9.15 Å². The van der Waals surface area contributed by atoms with E-state index in [9.17, 15) is 24.5 Å². The van der Waals surface area contributed by atoms with Gasteiger partial charge in [-0.1, -0.05) is 0 Å². The molecule has 2 aromatic rings. The first-order chi connectivity index (χ1) is 13.3. The molecule has 3 amide bonds. The smallest absolute Gasteiger partial charge is 0.350 e. The molecule has 0 bridgehead atoms. The van der Waals surface area contributed by atoms with Gasteiger partial charge in [-0.2, -0.15) is 5.10 Å². The Morgan fingerprint density at radius 1 is 1.29 bits per heavy atom. The van der Waals surface area contributed by atoms with Crippen molar-refractivity contribution < 1.29 is 28.5 Å². The minimum Gasteiger partial charge on any atom is -0.455 e. The van der Waals surface area contributed by atoms with Crippen molar-refractivity contribution in [2.24, 2.45) is 5.10 Å². The number of rotatable bonds is 6. The number of carbonyl (C=O) groups excluding carboxylic acids is 3. The summed E-state index contributed by atoms with van der Waals surface area (Å²) in [7, 11) is 0. The van der Waals surface area contributed by atoms with E-state index in [1.54, 1.807) is 24.3 Å². The molecule has 0 N–H and O–H groups in total. The van der Waals surface area contributed by atoms with Crippen LogP contribution in [0.1, 0.15) is 12.7 Å². The van der Waals surface area contributed by atoms with Crippen LogP contribution in [0, 0.1) is 10.1 Å². The van der Waals surface area contributed by atoms with Crippen molar-refractivity contribution in [2.75, 3.05) is 13.3 Å². The first kappa shape index (κ1) is 18.8. The van der Waals surface area contributed by atoms with E-state index in [2.05, 4.69) is 9.84 Å². The first-order valence-corrected chi connectivity index (χ1v) is 7.99. The van der Waals surface area contributed by atoms with Gasteiger partial charge in [-0.3, -0.25) is 19.7 Å². The van der Waals surface area contributed by atoms with Gasteiger partial charge in [0.15, 0.2) is 6.73 Å². The van der Waals surface area contributed by atoms with Crippen molar-refractivity contribution in [3.05, 3.63) is 52.3 Å². The summed E-state index contributed by atoms with van der Waals surface area (Å²) in [5, 5.41) is 15.5. The summed E-state index contributed by atoms with van der Waals surface area (Å²) in [6.07, 6.45) is 1.26. The summed E-state index contributed by atoms with van der Waals surface area (Å²) >= 11 is 0. The number of nitro groups is 1. The largest absolute Gasteiger partial charge is 0.455 e. The second-order valence-electron chi connectivity index (χ2n) is 5.68. The first-order valence-electron chi connectivity index (χ1n) is 7.99. The summed E-state index contributed by atoms with van der Waals surface area (Å²) in [5.41, 5.74) is 0.595. The minimum atomic E-state index is -0.718. The number of amides is 3. The van der Waals surface area contributed by atoms with Crippen LogP contribution >= 0.6 is 0 Å². The lowest BCUT2D eigenvalue weighted by atomic mass is 10.1. The Hall–Kier alpha value is -4.02. The van der Waals surface area contributed by atoms with E-state index in [0.717, 1.165) is 9.91 Å². The van der Waals surface area contributed by atoms with Gasteiger partial charge in [0.2, 0.25) is 0 Å². The summed E-state index contributed by atoms with van der Waals surface area (Å²) < 4.78 is 10.2. The average Bonchev–Trinajstić information content (AvgIpc) is 3.23. The highest BCUT2D eigenvalue weighted by Gasteiger charge is 2.36. The molecular formula is C17H14N4O7. The molecule has 0 atom stereocenters. The molecule has 0 aliphatic carbocycles. The summed E-state index contributed by atoms with van der Waals surface area (Å²) in [6, 6.07) is 8.34. The number of imide groups is 1. The Bertz CT molecular complexity index is 964. The number of furan rings is 1. The second-order valence-corrected chi connectivity index (χ2v) is 5.68. The maximum Gasteiger partial charge on any atom is 0.350 e. The van der Waals surface area contributed by atoms with Crippen LogP contribution in [0.5, 0.6) is 0 Å². The van der Waals surface area contributed by atoms with Crippen molar-refractivity contribution in [3.63, 3.8) is 0 Å². The van der Waals surface area contributed by atoms with E-state index in [1.807, 2.05) is 0 Å². The maximum absolute atomic E-state index is 12.1. The Labute approximate surface area is 157 Å². The zero-order valence-electron chi connectivity index (χ0n) is 14.6. The van der Waals surface area contributed by atoms with E-state index in [4.69, 9.17) is 4.42 Å². The van der Waals surface area contributed by atoms with E-state index < -0.39 is 29.6 Å². The standard InChI is InChI=1S/C17H14N4O7/c1-11(22)27-10-19-16(23)9-20(17(19)24)18-8-14-6-7-15(28-14)12-2-4-13(5-3-12)21(25)26/h2-8H,9-10H2,1H3/b18-8+. The molecule has 1 aliphatic heterocycles. The highest BCUT2D eigenvalue weighted by molar-refractivity contribution is 6.02. The molecule has 1 fully saturated rings. The molecule has 0 unspecified atom stereocenters. The molecule has 0 radical (unpaired) electrons. The molecule has 1 aromatic heterocycles. The number of nitro benzene ring substituents is 1. The third kappa shape index (κ3) is 4.03. The van der Waals surface area contributed by atoms with Crippen LogP contribution in [-0.2, 0) is 14.3 Å².